The highest BCUT2D eigenvalue weighted by molar-refractivity contribution is 5.82. The van der Waals surface area contributed by atoms with Gasteiger partial charge in [-0.05, 0) is 67.6 Å². The molecule has 0 spiro atoms. The van der Waals surface area contributed by atoms with E-state index in [0.717, 1.165) is 47.5 Å². The van der Waals surface area contributed by atoms with Gasteiger partial charge in [-0.15, -0.1) is 0 Å². The van der Waals surface area contributed by atoms with Crippen LogP contribution < -0.4 is 5.56 Å². The first kappa shape index (κ1) is 20.5. The zero-order valence-electron chi connectivity index (χ0n) is 17.6. The molecule has 5 rings (SSSR count). The molecule has 1 aliphatic carbocycles. The molecule has 0 atom stereocenters. The van der Waals surface area contributed by atoms with Gasteiger partial charge in [0, 0.05) is 11.3 Å². The molecule has 1 fully saturated rings. The summed E-state index contributed by atoms with van der Waals surface area (Å²) in [5.74, 6) is 0.239. The summed E-state index contributed by atoms with van der Waals surface area (Å²) in [6.45, 7) is 3.96. The lowest BCUT2D eigenvalue weighted by molar-refractivity contribution is -0.137. The third kappa shape index (κ3) is 3.59. The Morgan fingerprint density at radius 1 is 1.06 bits per heavy atom. The molecule has 2 heterocycles. The molecular weight excluding hydrogens is 417 g/mol. The van der Waals surface area contributed by atoms with Crippen molar-refractivity contribution >= 4 is 10.9 Å². The predicted molar refractivity (Wildman–Crippen MR) is 115 cm³/mol. The van der Waals surface area contributed by atoms with Crippen LogP contribution in [0.3, 0.4) is 0 Å². The van der Waals surface area contributed by atoms with Crippen LogP contribution in [0, 0.1) is 13.8 Å². The standard InChI is InChI=1S/C24H21F3N4O/c1-14-6-9-19(10-15(14)2)31-22-20(12-28-31)21(17-7-8-17)29-30(23(22)32)13-16-4-3-5-18(11-16)24(25,26)27/h3-6,9-12,17H,7-8,13H2,1-2H3. The van der Waals surface area contributed by atoms with Gasteiger partial charge in [0.15, 0.2) is 0 Å². The summed E-state index contributed by atoms with van der Waals surface area (Å²) in [5, 5.41) is 9.74. The van der Waals surface area contributed by atoms with E-state index in [-0.39, 0.29) is 18.0 Å². The van der Waals surface area contributed by atoms with Crippen LogP contribution >= 0.6 is 0 Å². The largest absolute Gasteiger partial charge is 0.416 e. The van der Waals surface area contributed by atoms with E-state index in [1.807, 2.05) is 32.0 Å². The van der Waals surface area contributed by atoms with Crippen molar-refractivity contribution in [1.29, 1.82) is 0 Å². The van der Waals surface area contributed by atoms with Crippen molar-refractivity contribution in [3.8, 4) is 5.69 Å². The molecule has 8 heteroatoms. The Morgan fingerprint density at radius 2 is 1.84 bits per heavy atom. The molecule has 2 aromatic heterocycles. The highest BCUT2D eigenvalue weighted by atomic mass is 19.4. The Kier molecular flexibility index (Phi) is 4.69. The number of hydrogen-bond acceptors (Lipinski definition) is 3. The van der Waals surface area contributed by atoms with E-state index in [0.29, 0.717) is 16.5 Å². The van der Waals surface area contributed by atoms with E-state index in [2.05, 4.69) is 10.2 Å². The van der Waals surface area contributed by atoms with Crippen LogP contribution in [0.15, 0.2) is 53.5 Å². The molecule has 32 heavy (non-hydrogen) atoms. The Balaban J connectivity index is 1.66. The van der Waals surface area contributed by atoms with Crippen molar-refractivity contribution in [3.05, 3.63) is 87.0 Å². The molecule has 0 amide bonds. The topological polar surface area (TPSA) is 52.7 Å². The number of aryl methyl sites for hydroxylation is 2. The van der Waals surface area contributed by atoms with Crippen LogP contribution in [0.2, 0.25) is 0 Å². The summed E-state index contributed by atoms with van der Waals surface area (Å²) in [5.41, 5.74) is 3.40. The SMILES string of the molecule is Cc1ccc(-n2ncc3c(C4CC4)nn(Cc4cccc(C(F)(F)F)c4)c(=O)c32)cc1C. The van der Waals surface area contributed by atoms with Gasteiger partial charge >= 0.3 is 6.18 Å². The first-order valence-electron chi connectivity index (χ1n) is 10.4. The first-order chi connectivity index (χ1) is 15.2. The van der Waals surface area contributed by atoms with Gasteiger partial charge in [-0.2, -0.15) is 23.4 Å². The van der Waals surface area contributed by atoms with Gasteiger partial charge in [-0.25, -0.2) is 9.36 Å². The quantitative estimate of drug-likeness (QED) is 0.443. The average Bonchev–Trinajstić information content (AvgIpc) is 3.49. The second kappa shape index (κ2) is 7.32. The normalized spacial score (nSPS) is 14.3. The van der Waals surface area contributed by atoms with Crippen molar-refractivity contribution in [3.63, 3.8) is 0 Å². The van der Waals surface area contributed by atoms with Crippen LogP contribution in [0.1, 0.15) is 46.7 Å². The number of nitrogens with zero attached hydrogens (tertiary/aromatic N) is 4. The van der Waals surface area contributed by atoms with Gasteiger partial charge in [-0.1, -0.05) is 18.2 Å². The second-order valence-electron chi connectivity index (χ2n) is 8.41. The van der Waals surface area contributed by atoms with E-state index in [1.54, 1.807) is 16.9 Å². The van der Waals surface area contributed by atoms with Crippen LogP contribution in [0.25, 0.3) is 16.6 Å². The molecule has 1 saturated carbocycles. The minimum atomic E-state index is -4.44. The Bertz CT molecular complexity index is 1400. The number of fused-ring (bicyclic) bond motifs is 1. The molecular formula is C24H21F3N4O. The Morgan fingerprint density at radius 3 is 2.53 bits per heavy atom. The number of benzene rings is 2. The summed E-state index contributed by atoms with van der Waals surface area (Å²) in [4.78, 5) is 13.4. The van der Waals surface area contributed by atoms with Gasteiger partial charge < -0.3 is 0 Å². The molecule has 1 aliphatic rings. The fourth-order valence-corrected chi connectivity index (χ4v) is 3.93. The van der Waals surface area contributed by atoms with E-state index in [1.165, 1.54) is 10.7 Å². The second-order valence-corrected chi connectivity index (χ2v) is 8.41. The monoisotopic (exact) mass is 438 g/mol. The van der Waals surface area contributed by atoms with Gasteiger partial charge in [0.1, 0.15) is 5.52 Å². The molecule has 0 unspecified atom stereocenters. The summed E-state index contributed by atoms with van der Waals surface area (Å²) in [6.07, 6.45) is -0.835. The lowest BCUT2D eigenvalue weighted by Crippen LogP contribution is -2.26. The van der Waals surface area contributed by atoms with Gasteiger partial charge in [0.05, 0.1) is 29.7 Å². The average molecular weight is 438 g/mol. The van der Waals surface area contributed by atoms with Crippen molar-refractivity contribution in [2.45, 2.75) is 45.3 Å². The number of hydrogen-bond donors (Lipinski definition) is 0. The first-order valence-corrected chi connectivity index (χ1v) is 10.4. The maximum Gasteiger partial charge on any atom is 0.416 e. The van der Waals surface area contributed by atoms with Crippen molar-refractivity contribution < 1.29 is 13.2 Å². The van der Waals surface area contributed by atoms with Gasteiger partial charge in [-0.3, -0.25) is 4.79 Å². The number of rotatable bonds is 4. The molecule has 2 aromatic carbocycles. The van der Waals surface area contributed by atoms with Gasteiger partial charge in [0.25, 0.3) is 5.56 Å². The molecule has 0 bridgehead atoms. The van der Waals surface area contributed by atoms with E-state index in [9.17, 15) is 18.0 Å². The smallest absolute Gasteiger partial charge is 0.265 e. The molecule has 0 radical (unpaired) electrons. The lowest BCUT2D eigenvalue weighted by Gasteiger charge is -2.12. The fraction of sp³-hybridized carbons (Fsp3) is 0.292. The lowest BCUT2D eigenvalue weighted by atomic mass is 10.1. The van der Waals surface area contributed by atoms with Crippen LogP contribution in [-0.4, -0.2) is 19.6 Å². The van der Waals surface area contributed by atoms with Crippen molar-refractivity contribution in [1.82, 2.24) is 19.6 Å². The van der Waals surface area contributed by atoms with E-state index >= 15 is 0 Å². The highest BCUT2D eigenvalue weighted by Crippen LogP contribution is 2.41. The summed E-state index contributed by atoms with van der Waals surface area (Å²) < 4.78 is 42.3. The highest BCUT2D eigenvalue weighted by Gasteiger charge is 2.32. The van der Waals surface area contributed by atoms with E-state index < -0.39 is 11.7 Å². The van der Waals surface area contributed by atoms with E-state index in [4.69, 9.17) is 0 Å². The molecule has 164 valence electrons. The minimum absolute atomic E-state index is 0.0451. The van der Waals surface area contributed by atoms with Crippen molar-refractivity contribution in [2.75, 3.05) is 0 Å². The zero-order chi connectivity index (χ0) is 22.6. The summed E-state index contributed by atoms with van der Waals surface area (Å²) in [6, 6.07) is 10.9. The molecule has 0 N–H and O–H groups in total. The Hall–Kier alpha value is -3.42. The Labute approximate surface area is 182 Å². The van der Waals surface area contributed by atoms with Crippen molar-refractivity contribution in [2.24, 2.45) is 0 Å². The maximum absolute atomic E-state index is 13.4. The summed E-state index contributed by atoms with van der Waals surface area (Å²) in [7, 11) is 0. The fourth-order valence-electron chi connectivity index (χ4n) is 3.93. The molecule has 0 aliphatic heterocycles. The van der Waals surface area contributed by atoms with Gasteiger partial charge in [0.2, 0.25) is 0 Å². The molecule has 4 aromatic rings. The number of alkyl halides is 3. The predicted octanol–water partition coefficient (Wildman–Crippen LogP) is 5.14. The number of aromatic nitrogens is 4. The van der Waals surface area contributed by atoms with Crippen LogP contribution in [0.4, 0.5) is 13.2 Å². The molecule has 5 nitrogen and oxygen atoms in total. The van der Waals surface area contributed by atoms with Crippen LogP contribution in [-0.2, 0) is 12.7 Å². The zero-order valence-corrected chi connectivity index (χ0v) is 17.6. The maximum atomic E-state index is 13.4. The number of halogens is 3. The van der Waals surface area contributed by atoms with Crippen LogP contribution in [0.5, 0.6) is 0 Å². The third-order valence-corrected chi connectivity index (χ3v) is 6.00. The third-order valence-electron chi connectivity index (χ3n) is 6.00. The molecule has 0 saturated heterocycles. The summed E-state index contributed by atoms with van der Waals surface area (Å²) >= 11 is 0. The minimum Gasteiger partial charge on any atom is -0.265 e.